The second-order valence-electron chi connectivity index (χ2n) is 6.16. The summed E-state index contributed by atoms with van der Waals surface area (Å²) < 4.78 is 10.9. The number of ether oxygens (including phenoxy) is 2. The van der Waals surface area contributed by atoms with E-state index in [4.69, 9.17) is 9.47 Å². The number of carbonyl (C=O) groups excluding carboxylic acids is 1. The normalized spacial score (nSPS) is 31.3. The summed E-state index contributed by atoms with van der Waals surface area (Å²) in [6.45, 7) is 1.23. The van der Waals surface area contributed by atoms with Crippen LogP contribution in [0.4, 0.5) is 0 Å². The first-order valence-electron chi connectivity index (χ1n) is 7.71. The van der Waals surface area contributed by atoms with Gasteiger partial charge in [-0.2, -0.15) is 0 Å². The number of aliphatic hydroxyl groups is 1. The number of likely N-dealkylation sites (tertiary alicyclic amines) is 1. The van der Waals surface area contributed by atoms with Crippen molar-refractivity contribution >= 4 is 17.2 Å². The van der Waals surface area contributed by atoms with E-state index in [1.807, 2.05) is 17.0 Å². The summed E-state index contributed by atoms with van der Waals surface area (Å²) in [6.07, 6.45) is 2.69. The van der Waals surface area contributed by atoms with Gasteiger partial charge >= 0.3 is 0 Å². The Morgan fingerprint density at radius 2 is 2.27 bits per heavy atom. The molecule has 2 aliphatic rings. The Morgan fingerprint density at radius 1 is 1.45 bits per heavy atom. The van der Waals surface area contributed by atoms with Crippen LogP contribution in [-0.4, -0.2) is 54.4 Å². The van der Waals surface area contributed by atoms with Crippen molar-refractivity contribution in [2.45, 2.75) is 50.0 Å². The maximum absolute atomic E-state index is 12.8. The molecule has 3 rings (SSSR count). The number of carbonyl (C=O) groups is 1. The summed E-state index contributed by atoms with van der Waals surface area (Å²) in [7, 11) is 3.37. The van der Waals surface area contributed by atoms with Crippen LogP contribution in [0.3, 0.4) is 0 Å². The van der Waals surface area contributed by atoms with Crippen molar-refractivity contribution in [2.75, 3.05) is 20.8 Å². The van der Waals surface area contributed by atoms with Gasteiger partial charge in [0.1, 0.15) is 0 Å². The van der Waals surface area contributed by atoms with E-state index in [9.17, 15) is 9.90 Å². The zero-order chi connectivity index (χ0) is 15.7. The SMILES string of the molecule is COCc1ccc(C(=O)N2CC[C@]3(OC)CC[C@H](O)C[C@H]23)s1. The third-order valence-corrected chi connectivity index (χ3v) is 6.03. The fourth-order valence-corrected chi connectivity index (χ4v) is 4.71. The van der Waals surface area contributed by atoms with Crippen LogP contribution in [-0.2, 0) is 16.1 Å². The highest BCUT2D eigenvalue weighted by Crippen LogP contribution is 2.43. The third-order valence-electron chi connectivity index (χ3n) is 4.98. The van der Waals surface area contributed by atoms with Crippen LogP contribution in [0, 0.1) is 0 Å². The van der Waals surface area contributed by atoms with Crippen LogP contribution in [0.2, 0.25) is 0 Å². The van der Waals surface area contributed by atoms with Crippen LogP contribution in [0.25, 0.3) is 0 Å². The van der Waals surface area contributed by atoms with Crippen molar-refractivity contribution in [1.29, 1.82) is 0 Å². The number of rotatable bonds is 4. The molecule has 22 heavy (non-hydrogen) atoms. The molecule has 1 saturated heterocycles. The van der Waals surface area contributed by atoms with Crippen molar-refractivity contribution in [2.24, 2.45) is 0 Å². The van der Waals surface area contributed by atoms with Crippen molar-refractivity contribution in [1.82, 2.24) is 4.90 Å². The zero-order valence-corrected chi connectivity index (χ0v) is 13.9. The molecule has 5 nitrogen and oxygen atoms in total. The Morgan fingerprint density at radius 3 is 3.00 bits per heavy atom. The molecule has 0 spiro atoms. The molecule has 2 heterocycles. The predicted molar refractivity (Wildman–Crippen MR) is 84.1 cm³/mol. The average Bonchev–Trinajstić information content (AvgIpc) is 3.12. The Kier molecular flexibility index (Phi) is 4.54. The van der Waals surface area contributed by atoms with Gasteiger partial charge in [0, 0.05) is 25.6 Å². The fraction of sp³-hybridized carbons (Fsp3) is 0.688. The van der Waals surface area contributed by atoms with Gasteiger partial charge in [-0.3, -0.25) is 4.79 Å². The number of thiophene rings is 1. The van der Waals surface area contributed by atoms with Gasteiger partial charge < -0.3 is 19.5 Å². The minimum absolute atomic E-state index is 0.0262. The quantitative estimate of drug-likeness (QED) is 0.920. The number of fused-ring (bicyclic) bond motifs is 1. The first-order valence-corrected chi connectivity index (χ1v) is 8.53. The molecule has 1 saturated carbocycles. The lowest BCUT2D eigenvalue weighted by atomic mass is 9.79. The van der Waals surface area contributed by atoms with Gasteiger partial charge in [0.05, 0.1) is 29.2 Å². The number of methoxy groups -OCH3 is 2. The molecule has 2 fully saturated rings. The van der Waals surface area contributed by atoms with Crippen LogP contribution in [0.5, 0.6) is 0 Å². The highest BCUT2D eigenvalue weighted by Gasteiger charge is 2.52. The molecule has 6 heteroatoms. The zero-order valence-electron chi connectivity index (χ0n) is 13.1. The lowest BCUT2D eigenvalue weighted by Gasteiger charge is -2.42. The average molecular weight is 325 g/mol. The monoisotopic (exact) mass is 325 g/mol. The van der Waals surface area contributed by atoms with E-state index in [2.05, 4.69) is 0 Å². The summed E-state index contributed by atoms with van der Waals surface area (Å²) in [4.78, 5) is 16.5. The first kappa shape index (κ1) is 15.9. The molecule has 1 aromatic heterocycles. The third kappa shape index (κ3) is 2.69. The molecule has 122 valence electrons. The maximum Gasteiger partial charge on any atom is 0.264 e. The number of aliphatic hydroxyl groups excluding tert-OH is 1. The first-order chi connectivity index (χ1) is 10.6. The van der Waals surface area contributed by atoms with Crippen LogP contribution in [0.1, 0.15) is 40.2 Å². The van der Waals surface area contributed by atoms with Gasteiger partial charge in [-0.1, -0.05) is 0 Å². The van der Waals surface area contributed by atoms with Gasteiger partial charge in [-0.15, -0.1) is 11.3 Å². The molecule has 1 amide bonds. The highest BCUT2D eigenvalue weighted by molar-refractivity contribution is 7.14. The molecule has 0 unspecified atom stereocenters. The molecule has 0 radical (unpaired) electrons. The largest absolute Gasteiger partial charge is 0.393 e. The van der Waals surface area contributed by atoms with Crippen molar-refractivity contribution in [3.05, 3.63) is 21.9 Å². The summed E-state index contributed by atoms with van der Waals surface area (Å²) >= 11 is 1.48. The molecule has 1 aromatic rings. The molecule has 1 N–H and O–H groups in total. The number of amides is 1. The van der Waals surface area contributed by atoms with E-state index in [-0.39, 0.29) is 23.7 Å². The van der Waals surface area contributed by atoms with Gasteiger partial charge in [-0.05, 0) is 37.8 Å². The van der Waals surface area contributed by atoms with Crippen molar-refractivity contribution in [3.8, 4) is 0 Å². The minimum Gasteiger partial charge on any atom is -0.393 e. The summed E-state index contributed by atoms with van der Waals surface area (Å²) in [5, 5.41) is 10.0. The number of hydrogen-bond acceptors (Lipinski definition) is 5. The van der Waals surface area contributed by atoms with Gasteiger partial charge in [0.15, 0.2) is 0 Å². The van der Waals surface area contributed by atoms with E-state index in [0.717, 1.165) is 29.0 Å². The number of nitrogens with zero attached hydrogens (tertiary/aromatic N) is 1. The standard InChI is InChI=1S/C16H23NO4S/c1-20-10-12-3-4-13(22-12)15(19)17-8-7-16(21-2)6-5-11(18)9-14(16)17/h3-4,11,14,18H,5-10H2,1-2H3/t11-,14-,16+/m0/s1. The van der Waals surface area contributed by atoms with Crippen molar-refractivity contribution < 1.29 is 19.4 Å². The molecular weight excluding hydrogens is 302 g/mol. The minimum atomic E-state index is -0.339. The lowest BCUT2D eigenvalue weighted by Crippen LogP contribution is -2.52. The molecular formula is C16H23NO4S. The lowest BCUT2D eigenvalue weighted by molar-refractivity contribution is -0.0824. The summed E-state index contributed by atoms with van der Waals surface area (Å²) in [6, 6.07) is 3.78. The van der Waals surface area contributed by atoms with Gasteiger partial charge in [0.2, 0.25) is 0 Å². The maximum atomic E-state index is 12.8. The topological polar surface area (TPSA) is 59.0 Å². The smallest absolute Gasteiger partial charge is 0.264 e. The molecule has 0 aromatic carbocycles. The van der Waals surface area contributed by atoms with E-state index < -0.39 is 0 Å². The number of hydrogen-bond donors (Lipinski definition) is 1. The van der Waals surface area contributed by atoms with Crippen LogP contribution >= 0.6 is 11.3 Å². The molecule has 0 bridgehead atoms. The Hall–Kier alpha value is -0.950. The molecule has 3 atom stereocenters. The van der Waals surface area contributed by atoms with E-state index >= 15 is 0 Å². The fourth-order valence-electron chi connectivity index (χ4n) is 3.77. The highest BCUT2D eigenvalue weighted by atomic mass is 32.1. The van der Waals surface area contributed by atoms with Gasteiger partial charge in [-0.25, -0.2) is 0 Å². The van der Waals surface area contributed by atoms with Crippen LogP contribution in [0.15, 0.2) is 12.1 Å². The Bertz CT molecular complexity index is 546. The van der Waals surface area contributed by atoms with Gasteiger partial charge in [0.25, 0.3) is 5.91 Å². The Balaban J connectivity index is 1.80. The van der Waals surface area contributed by atoms with Crippen molar-refractivity contribution in [3.63, 3.8) is 0 Å². The van der Waals surface area contributed by atoms with Crippen LogP contribution < -0.4 is 0 Å². The molecule has 1 aliphatic carbocycles. The Labute approximate surface area is 134 Å². The van der Waals surface area contributed by atoms with E-state index in [1.54, 1.807) is 14.2 Å². The summed E-state index contributed by atoms with van der Waals surface area (Å²) in [5.74, 6) is 0.0466. The van der Waals surface area contributed by atoms with E-state index in [1.165, 1.54) is 11.3 Å². The second kappa shape index (κ2) is 6.28. The second-order valence-corrected chi connectivity index (χ2v) is 7.33. The summed E-state index contributed by atoms with van der Waals surface area (Å²) in [5.41, 5.74) is -0.276. The predicted octanol–water partition coefficient (Wildman–Crippen LogP) is 2.04. The molecule has 1 aliphatic heterocycles. The van der Waals surface area contributed by atoms with E-state index in [0.29, 0.717) is 19.6 Å².